The molecule has 0 radical (unpaired) electrons. The predicted molar refractivity (Wildman–Crippen MR) is 115 cm³/mol. The molecule has 0 aromatic rings. The van der Waals surface area contributed by atoms with E-state index in [1.165, 1.54) is 69.1 Å². The SMILES string of the molecule is CCCCCCCCCCCCCCCC(=O)N(CCCO)CCS(=O)(=O)O. The third-order valence-corrected chi connectivity index (χ3v) is 5.75. The molecule has 0 unspecified atom stereocenters. The molecule has 0 atom stereocenters. The van der Waals surface area contributed by atoms with E-state index in [-0.39, 0.29) is 19.1 Å². The molecular formula is C21H43NO5S. The van der Waals surface area contributed by atoms with Gasteiger partial charge in [-0.25, -0.2) is 0 Å². The molecule has 0 aliphatic heterocycles. The number of carbonyl (C=O) groups excluding carboxylic acids is 1. The lowest BCUT2D eigenvalue weighted by atomic mass is 10.0. The smallest absolute Gasteiger partial charge is 0.266 e. The van der Waals surface area contributed by atoms with Crippen LogP contribution in [0.5, 0.6) is 0 Å². The van der Waals surface area contributed by atoms with E-state index in [1.807, 2.05) is 0 Å². The Morgan fingerprint density at radius 1 is 0.750 bits per heavy atom. The second-order valence-electron chi connectivity index (χ2n) is 7.74. The van der Waals surface area contributed by atoms with Gasteiger partial charge in [0.25, 0.3) is 10.1 Å². The number of aliphatic hydroxyl groups excluding tert-OH is 1. The fraction of sp³-hybridized carbons (Fsp3) is 0.952. The van der Waals surface area contributed by atoms with Crippen LogP contribution in [0.25, 0.3) is 0 Å². The van der Waals surface area contributed by atoms with Crippen LogP contribution in [0.2, 0.25) is 0 Å². The standard InChI is InChI=1S/C21H43NO5S/c1-2-3-4-5-6-7-8-9-10-11-12-13-14-16-21(24)22(17-15-19-23)18-20-28(25,26)27/h23H,2-20H2,1H3,(H,25,26,27). The molecule has 0 rings (SSSR count). The largest absolute Gasteiger partial charge is 0.396 e. The van der Waals surface area contributed by atoms with Crippen LogP contribution in [-0.2, 0) is 14.9 Å². The highest BCUT2D eigenvalue weighted by Gasteiger charge is 2.15. The molecule has 28 heavy (non-hydrogen) atoms. The van der Waals surface area contributed by atoms with E-state index in [0.717, 1.165) is 19.3 Å². The van der Waals surface area contributed by atoms with Crippen molar-refractivity contribution in [3.63, 3.8) is 0 Å². The lowest BCUT2D eigenvalue weighted by Gasteiger charge is -2.21. The van der Waals surface area contributed by atoms with Crippen LogP contribution >= 0.6 is 0 Å². The third kappa shape index (κ3) is 18.7. The second-order valence-corrected chi connectivity index (χ2v) is 9.31. The Hall–Kier alpha value is -0.660. The van der Waals surface area contributed by atoms with E-state index in [2.05, 4.69) is 6.92 Å². The summed E-state index contributed by atoms with van der Waals surface area (Å²) in [6.45, 7) is 2.50. The second kappa shape index (κ2) is 18.4. The molecule has 0 heterocycles. The topological polar surface area (TPSA) is 94.9 Å². The number of rotatable bonds is 20. The van der Waals surface area contributed by atoms with E-state index in [4.69, 9.17) is 9.66 Å². The minimum absolute atomic E-state index is 0.0177. The van der Waals surface area contributed by atoms with Crippen molar-refractivity contribution in [3.05, 3.63) is 0 Å². The van der Waals surface area contributed by atoms with Crippen molar-refractivity contribution < 1.29 is 22.9 Å². The molecule has 0 aromatic heterocycles. The maximum absolute atomic E-state index is 12.2. The van der Waals surface area contributed by atoms with Gasteiger partial charge in [0.1, 0.15) is 0 Å². The van der Waals surface area contributed by atoms with Crippen molar-refractivity contribution in [1.82, 2.24) is 4.90 Å². The van der Waals surface area contributed by atoms with Gasteiger partial charge >= 0.3 is 0 Å². The van der Waals surface area contributed by atoms with E-state index in [1.54, 1.807) is 0 Å². The predicted octanol–water partition coefficient (Wildman–Crippen LogP) is 4.57. The van der Waals surface area contributed by atoms with E-state index in [9.17, 15) is 13.2 Å². The van der Waals surface area contributed by atoms with Crippen molar-refractivity contribution >= 4 is 16.0 Å². The van der Waals surface area contributed by atoms with Crippen LogP contribution < -0.4 is 0 Å². The molecule has 2 N–H and O–H groups in total. The Balaban J connectivity index is 3.68. The summed E-state index contributed by atoms with van der Waals surface area (Å²) in [5.74, 6) is -0.553. The first-order valence-electron chi connectivity index (χ1n) is 11.2. The Kier molecular flexibility index (Phi) is 17.9. The number of hydrogen-bond acceptors (Lipinski definition) is 4. The van der Waals surface area contributed by atoms with Gasteiger partial charge in [-0.15, -0.1) is 0 Å². The summed E-state index contributed by atoms with van der Waals surface area (Å²) in [7, 11) is -4.08. The molecule has 0 fully saturated rings. The van der Waals surface area contributed by atoms with Crippen molar-refractivity contribution in [1.29, 1.82) is 0 Å². The molecule has 0 bridgehead atoms. The van der Waals surface area contributed by atoms with Crippen LogP contribution in [0.4, 0.5) is 0 Å². The lowest BCUT2D eigenvalue weighted by molar-refractivity contribution is -0.131. The van der Waals surface area contributed by atoms with Gasteiger partial charge in [0.2, 0.25) is 5.91 Å². The minimum atomic E-state index is -4.08. The first-order valence-corrected chi connectivity index (χ1v) is 12.9. The summed E-state index contributed by atoms with van der Waals surface area (Å²) in [5, 5.41) is 8.92. The number of aliphatic hydroxyl groups is 1. The van der Waals surface area contributed by atoms with E-state index < -0.39 is 15.9 Å². The quantitative estimate of drug-likeness (QED) is 0.222. The average molecular weight is 422 g/mol. The fourth-order valence-electron chi connectivity index (χ4n) is 3.30. The molecule has 7 heteroatoms. The Morgan fingerprint density at radius 3 is 1.64 bits per heavy atom. The molecule has 0 saturated heterocycles. The van der Waals surface area contributed by atoms with Crippen LogP contribution in [0, 0.1) is 0 Å². The summed E-state index contributed by atoms with van der Waals surface area (Å²) in [5.41, 5.74) is 0. The Bertz CT molecular complexity index is 467. The van der Waals surface area contributed by atoms with Gasteiger partial charge in [0.05, 0.1) is 5.75 Å². The van der Waals surface area contributed by atoms with Crippen molar-refractivity contribution in [2.45, 2.75) is 103 Å². The number of carbonyl (C=O) groups is 1. The zero-order valence-corrected chi connectivity index (χ0v) is 18.7. The van der Waals surface area contributed by atoms with Crippen molar-refractivity contribution in [3.8, 4) is 0 Å². The number of unbranched alkanes of at least 4 members (excludes halogenated alkanes) is 12. The number of hydrogen-bond donors (Lipinski definition) is 2. The molecule has 0 aliphatic carbocycles. The monoisotopic (exact) mass is 421 g/mol. The van der Waals surface area contributed by atoms with Gasteiger partial charge in [0.15, 0.2) is 0 Å². The first kappa shape index (κ1) is 27.3. The van der Waals surface area contributed by atoms with Crippen LogP contribution in [0.3, 0.4) is 0 Å². The summed E-state index contributed by atoms with van der Waals surface area (Å²) in [6.07, 6.45) is 17.0. The van der Waals surface area contributed by atoms with Gasteiger partial charge in [-0.2, -0.15) is 8.42 Å². The maximum Gasteiger partial charge on any atom is 0.266 e. The molecule has 0 aromatic carbocycles. The van der Waals surface area contributed by atoms with Gasteiger partial charge in [-0.05, 0) is 12.8 Å². The van der Waals surface area contributed by atoms with Crippen molar-refractivity contribution in [2.75, 3.05) is 25.4 Å². The Labute approximate surface area is 172 Å². The lowest BCUT2D eigenvalue weighted by Crippen LogP contribution is -2.36. The normalized spacial score (nSPS) is 11.7. The van der Waals surface area contributed by atoms with Gasteiger partial charge in [-0.3, -0.25) is 9.35 Å². The van der Waals surface area contributed by atoms with Crippen LogP contribution in [-0.4, -0.2) is 54.3 Å². The van der Waals surface area contributed by atoms with Crippen LogP contribution in [0.15, 0.2) is 0 Å². The summed E-state index contributed by atoms with van der Waals surface area (Å²) < 4.78 is 30.6. The molecule has 0 aliphatic rings. The zero-order chi connectivity index (χ0) is 21.1. The molecule has 1 amide bonds. The van der Waals surface area contributed by atoms with Crippen molar-refractivity contribution in [2.24, 2.45) is 0 Å². The minimum Gasteiger partial charge on any atom is -0.396 e. The van der Waals surface area contributed by atoms with E-state index in [0.29, 0.717) is 19.4 Å². The summed E-state index contributed by atoms with van der Waals surface area (Å²) in [6, 6.07) is 0. The fourth-order valence-corrected chi connectivity index (χ4v) is 3.75. The number of nitrogens with zero attached hydrogens (tertiary/aromatic N) is 1. The molecular weight excluding hydrogens is 378 g/mol. The van der Waals surface area contributed by atoms with Gasteiger partial charge in [0, 0.05) is 26.1 Å². The Morgan fingerprint density at radius 2 is 1.21 bits per heavy atom. The molecule has 0 saturated carbocycles. The van der Waals surface area contributed by atoms with Gasteiger partial charge in [-0.1, -0.05) is 84.0 Å². The first-order chi connectivity index (χ1) is 13.4. The highest BCUT2D eigenvalue weighted by molar-refractivity contribution is 7.85. The average Bonchev–Trinajstić information content (AvgIpc) is 2.64. The molecule has 6 nitrogen and oxygen atoms in total. The van der Waals surface area contributed by atoms with Gasteiger partial charge < -0.3 is 10.0 Å². The van der Waals surface area contributed by atoms with Crippen LogP contribution in [0.1, 0.15) is 103 Å². The summed E-state index contributed by atoms with van der Waals surface area (Å²) >= 11 is 0. The number of amides is 1. The highest BCUT2D eigenvalue weighted by Crippen LogP contribution is 2.13. The van der Waals surface area contributed by atoms with E-state index >= 15 is 0 Å². The summed E-state index contributed by atoms with van der Waals surface area (Å²) in [4.78, 5) is 13.7. The zero-order valence-electron chi connectivity index (χ0n) is 17.9. The maximum atomic E-state index is 12.2. The highest BCUT2D eigenvalue weighted by atomic mass is 32.2. The molecule has 0 spiro atoms. The molecule has 168 valence electrons. The third-order valence-electron chi connectivity index (χ3n) is 5.05.